The van der Waals surface area contributed by atoms with Gasteiger partial charge < -0.3 is 10.1 Å². The summed E-state index contributed by atoms with van der Waals surface area (Å²) in [4.78, 5) is 22.1. The highest BCUT2D eigenvalue weighted by Gasteiger charge is 2.57. The van der Waals surface area contributed by atoms with E-state index >= 15 is 0 Å². The molecule has 3 aliphatic carbocycles. The van der Waals surface area contributed by atoms with Gasteiger partial charge in [0.1, 0.15) is 0 Å². The van der Waals surface area contributed by atoms with Gasteiger partial charge in [-0.25, -0.2) is 4.79 Å². The van der Waals surface area contributed by atoms with Crippen molar-refractivity contribution in [2.24, 2.45) is 5.92 Å². The van der Waals surface area contributed by atoms with E-state index in [1.165, 1.54) is 0 Å². The topological polar surface area (TPSA) is 55.4 Å². The molecule has 0 unspecified atom stereocenters. The van der Waals surface area contributed by atoms with E-state index in [9.17, 15) is 9.59 Å². The summed E-state index contributed by atoms with van der Waals surface area (Å²) in [6, 6.07) is 0. The van der Waals surface area contributed by atoms with Gasteiger partial charge in [-0.05, 0) is 32.1 Å². The third-order valence-electron chi connectivity index (χ3n) is 2.88. The summed E-state index contributed by atoms with van der Waals surface area (Å²) >= 11 is 0. The zero-order chi connectivity index (χ0) is 9.47. The van der Waals surface area contributed by atoms with Gasteiger partial charge in [-0.15, -0.1) is 0 Å². The summed E-state index contributed by atoms with van der Waals surface area (Å²) < 4.78 is 4.58. The average Bonchev–Trinajstić information content (AvgIpc) is 1.94. The Morgan fingerprint density at radius 1 is 1.46 bits per heavy atom. The average molecular weight is 183 g/mol. The number of amides is 1. The number of rotatable bonds is 2. The third kappa shape index (κ3) is 1.30. The second-order valence-electron chi connectivity index (χ2n) is 3.93. The van der Waals surface area contributed by atoms with Crippen molar-refractivity contribution in [3.05, 3.63) is 0 Å². The number of esters is 1. The Hall–Kier alpha value is -1.06. The van der Waals surface area contributed by atoms with Crippen LogP contribution in [0.3, 0.4) is 0 Å². The van der Waals surface area contributed by atoms with E-state index in [4.69, 9.17) is 0 Å². The van der Waals surface area contributed by atoms with Gasteiger partial charge in [-0.2, -0.15) is 0 Å². The van der Waals surface area contributed by atoms with E-state index in [0.29, 0.717) is 0 Å². The predicted octanol–water partition coefficient (Wildman–Crippen LogP) is 0.218. The molecule has 0 spiro atoms. The summed E-state index contributed by atoms with van der Waals surface area (Å²) in [7, 11) is 0. The molecule has 0 aromatic carbocycles. The number of ether oxygens (including phenoxy) is 1. The molecule has 1 amide bonds. The number of nitrogens with one attached hydrogen (secondary N) is 1. The van der Waals surface area contributed by atoms with Crippen LogP contribution in [0.5, 0.6) is 0 Å². The van der Waals surface area contributed by atoms with Crippen LogP contribution in [0.1, 0.15) is 26.2 Å². The largest absolute Gasteiger partial charge is 0.459 e. The molecule has 0 aromatic heterocycles. The number of hydrogen-bond acceptors (Lipinski definition) is 3. The molecule has 13 heavy (non-hydrogen) atoms. The molecule has 72 valence electrons. The minimum atomic E-state index is -0.757. The summed E-state index contributed by atoms with van der Waals surface area (Å²) in [5.41, 5.74) is -0.0332. The van der Waals surface area contributed by atoms with Crippen molar-refractivity contribution in [2.75, 3.05) is 6.61 Å². The standard InChI is InChI=1S/C9H13NO3/c1-2-13-8(12)7(11)10-9-3-6(4-9)5-9/h6H,2-5H2,1H3,(H,10,11). The lowest BCUT2D eigenvalue weighted by Gasteiger charge is -2.61. The van der Waals surface area contributed by atoms with Crippen LogP contribution in [0, 0.1) is 5.92 Å². The summed E-state index contributed by atoms with van der Waals surface area (Å²) in [5.74, 6) is -0.547. The van der Waals surface area contributed by atoms with Crippen molar-refractivity contribution in [2.45, 2.75) is 31.7 Å². The Labute approximate surface area is 76.6 Å². The van der Waals surface area contributed by atoms with Crippen molar-refractivity contribution in [3.63, 3.8) is 0 Å². The van der Waals surface area contributed by atoms with Crippen LogP contribution in [-0.2, 0) is 14.3 Å². The van der Waals surface area contributed by atoms with Crippen molar-refractivity contribution in [3.8, 4) is 0 Å². The van der Waals surface area contributed by atoms with Gasteiger partial charge >= 0.3 is 11.9 Å². The first-order valence-electron chi connectivity index (χ1n) is 4.64. The van der Waals surface area contributed by atoms with E-state index in [1.807, 2.05) is 0 Å². The van der Waals surface area contributed by atoms with Crippen LogP contribution in [0.25, 0.3) is 0 Å². The van der Waals surface area contributed by atoms with E-state index in [1.54, 1.807) is 6.92 Å². The van der Waals surface area contributed by atoms with Crippen molar-refractivity contribution in [1.29, 1.82) is 0 Å². The summed E-state index contributed by atoms with van der Waals surface area (Å²) in [6.07, 6.45) is 3.12. The van der Waals surface area contributed by atoms with Gasteiger partial charge in [0.05, 0.1) is 6.61 Å². The van der Waals surface area contributed by atoms with Gasteiger partial charge in [0.15, 0.2) is 0 Å². The number of carbonyl (C=O) groups is 2. The summed E-state index contributed by atoms with van der Waals surface area (Å²) in [6.45, 7) is 1.94. The molecule has 3 saturated carbocycles. The predicted molar refractivity (Wildman–Crippen MR) is 44.8 cm³/mol. The lowest BCUT2D eigenvalue weighted by atomic mass is 9.50. The minimum Gasteiger partial charge on any atom is -0.459 e. The SMILES string of the molecule is CCOC(=O)C(=O)NC12CC(C1)C2. The van der Waals surface area contributed by atoms with Crippen LogP contribution < -0.4 is 5.32 Å². The maximum atomic E-state index is 11.2. The first-order valence-corrected chi connectivity index (χ1v) is 4.64. The first kappa shape index (κ1) is 8.53. The van der Waals surface area contributed by atoms with Gasteiger partial charge in [0.2, 0.25) is 0 Å². The molecular weight excluding hydrogens is 170 g/mol. The van der Waals surface area contributed by atoms with E-state index in [2.05, 4.69) is 10.1 Å². The molecule has 4 nitrogen and oxygen atoms in total. The lowest BCUT2D eigenvalue weighted by molar-refractivity contribution is -0.159. The molecule has 3 aliphatic rings. The van der Waals surface area contributed by atoms with Crippen LogP contribution in [0.2, 0.25) is 0 Å². The van der Waals surface area contributed by atoms with Crippen LogP contribution >= 0.6 is 0 Å². The fourth-order valence-electron chi connectivity index (χ4n) is 2.12. The Morgan fingerprint density at radius 3 is 2.46 bits per heavy atom. The van der Waals surface area contributed by atoms with Gasteiger partial charge in [-0.1, -0.05) is 0 Å². The highest BCUT2D eigenvalue weighted by Crippen LogP contribution is 2.56. The second kappa shape index (κ2) is 2.72. The van der Waals surface area contributed by atoms with Crippen molar-refractivity contribution in [1.82, 2.24) is 5.32 Å². The van der Waals surface area contributed by atoms with E-state index in [-0.39, 0.29) is 12.1 Å². The molecule has 0 atom stereocenters. The fourth-order valence-corrected chi connectivity index (χ4v) is 2.12. The molecule has 0 heterocycles. The molecule has 0 aliphatic heterocycles. The van der Waals surface area contributed by atoms with Crippen molar-refractivity contribution < 1.29 is 14.3 Å². The maximum Gasteiger partial charge on any atom is 0.396 e. The van der Waals surface area contributed by atoms with E-state index < -0.39 is 11.9 Å². The monoisotopic (exact) mass is 183 g/mol. The smallest absolute Gasteiger partial charge is 0.396 e. The molecule has 0 radical (unpaired) electrons. The molecule has 0 aromatic rings. The number of hydrogen-bond donors (Lipinski definition) is 1. The second-order valence-corrected chi connectivity index (χ2v) is 3.93. The van der Waals surface area contributed by atoms with Gasteiger partial charge in [0, 0.05) is 5.54 Å². The van der Waals surface area contributed by atoms with Crippen LogP contribution in [0.4, 0.5) is 0 Å². The van der Waals surface area contributed by atoms with Crippen LogP contribution in [0.15, 0.2) is 0 Å². The Morgan fingerprint density at radius 2 is 2.08 bits per heavy atom. The Kier molecular flexibility index (Phi) is 1.78. The normalized spacial score (nSPS) is 34.1. The quantitative estimate of drug-likeness (QED) is 0.492. The fraction of sp³-hybridized carbons (Fsp3) is 0.778. The Balaban J connectivity index is 1.80. The molecule has 3 fully saturated rings. The molecule has 2 bridgehead atoms. The zero-order valence-electron chi connectivity index (χ0n) is 7.63. The van der Waals surface area contributed by atoms with E-state index in [0.717, 1.165) is 25.2 Å². The third-order valence-corrected chi connectivity index (χ3v) is 2.88. The summed E-state index contributed by atoms with van der Waals surface area (Å²) in [5, 5.41) is 2.73. The highest BCUT2D eigenvalue weighted by molar-refractivity contribution is 6.32. The lowest BCUT2D eigenvalue weighted by Crippen LogP contribution is -2.69. The zero-order valence-corrected chi connectivity index (χ0v) is 7.63. The maximum absolute atomic E-state index is 11.2. The van der Waals surface area contributed by atoms with Gasteiger partial charge in [0.25, 0.3) is 0 Å². The number of carbonyl (C=O) groups excluding carboxylic acids is 2. The molecular formula is C9H13NO3. The first-order chi connectivity index (χ1) is 6.15. The Bertz CT molecular complexity index is 245. The van der Waals surface area contributed by atoms with Gasteiger partial charge in [-0.3, -0.25) is 4.79 Å². The highest BCUT2D eigenvalue weighted by atomic mass is 16.5. The minimum absolute atomic E-state index is 0.0332. The van der Waals surface area contributed by atoms with Crippen LogP contribution in [-0.4, -0.2) is 24.0 Å². The molecule has 4 heteroatoms. The molecule has 3 rings (SSSR count). The van der Waals surface area contributed by atoms with Crippen molar-refractivity contribution >= 4 is 11.9 Å². The molecule has 0 saturated heterocycles. The molecule has 1 N–H and O–H groups in total.